The molecular weight excluding hydrogens is 212 g/mol. The fourth-order valence-corrected chi connectivity index (χ4v) is 2.44. The topological polar surface area (TPSA) is 22.1 Å². The first-order chi connectivity index (χ1) is 8.27. The fraction of sp³-hybridized carbons (Fsp3) is 0.462. The summed E-state index contributed by atoms with van der Waals surface area (Å²) in [4.78, 5) is 11.5. The van der Waals surface area contributed by atoms with Gasteiger partial charge in [-0.3, -0.25) is 4.99 Å². The number of aliphatic imine (C=N–C) groups is 1. The number of nitrogens with zero attached hydrogens (tertiary/aromatic N) is 4. The summed E-state index contributed by atoms with van der Waals surface area (Å²) in [6.07, 6.45) is 0. The van der Waals surface area contributed by atoms with Crippen molar-refractivity contribution in [3.8, 4) is 0 Å². The minimum Gasteiger partial charge on any atom is -0.309 e. The van der Waals surface area contributed by atoms with E-state index in [9.17, 15) is 0 Å². The Morgan fingerprint density at radius 1 is 1.24 bits per heavy atom. The number of rotatable bonds is 3. The first-order valence-electron chi connectivity index (χ1n) is 6.10. The van der Waals surface area contributed by atoms with Crippen molar-refractivity contribution in [3.05, 3.63) is 24.3 Å². The summed E-state index contributed by atoms with van der Waals surface area (Å²) in [7, 11) is 4.21. The molecule has 0 radical (unpaired) electrons. The smallest absolute Gasteiger partial charge is 0.206 e. The van der Waals surface area contributed by atoms with E-state index in [1.807, 2.05) is 0 Å². The van der Waals surface area contributed by atoms with Crippen LogP contribution in [-0.2, 0) is 0 Å². The zero-order chi connectivity index (χ0) is 11.8. The van der Waals surface area contributed by atoms with E-state index in [-0.39, 0.29) is 0 Å². The SMILES string of the molecule is CN(C)CCN1C2=NCCN2c2ccccc21. The van der Waals surface area contributed by atoms with Crippen LogP contribution in [-0.4, -0.2) is 51.1 Å². The minimum atomic E-state index is 0.919. The summed E-state index contributed by atoms with van der Waals surface area (Å²) >= 11 is 0. The van der Waals surface area contributed by atoms with Crippen molar-refractivity contribution in [2.24, 2.45) is 4.99 Å². The van der Waals surface area contributed by atoms with Gasteiger partial charge in [-0.05, 0) is 26.2 Å². The molecule has 2 aliphatic heterocycles. The highest BCUT2D eigenvalue weighted by atomic mass is 15.5. The van der Waals surface area contributed by atoms with Crippen molar-refractivity contribution in [1.29, 1.82) is 0 Å². The van der Waals surface area contributed by atoms with E-state index in [4.69, 9.17) is 0 Å². The summed E-state index contributed by atoms with van der Waals surface area (Å²) in [6, 6.07) is 8.58. The van der Waals surface area contributed by atoms with Crippen LogP contribution in [0.5, 0.6) is 0 Å². The summed E-state index contributed by atoms with van der Waals surface area (Å²) in [6.45, 7) is 3.98. The van der Waals surface area contributed by atoms with Gasteiger partial charge in [-0.1, -0.05) is 12.1 Å². The highest BCUT2D eigenvalue weighted by Crippen LogP contribution is 2.38. The van der Waals surface area contributed by atoms with Gasteiger partial charge < -0.3 is 14.7 Å². The first-order valence-corrected chi connectivity index (χ1v) is 6.10. The molecule has 2 heterocycles. The van der Waals surface area contributed by atoms with E-state index >= 15 is 0 Å². The van der Waals surface area contributed by atoms with E-state index in [0.29, 0.717) is 0 Å². The van der Waals surface area contributed by atoms with Gasteiger partial charge in [-0.25, -0.2) is 0 Å². The number of hydrogen-bond donors (Lipinski definition) is 0. The average Bonchev–Trinajstić information content (AvgIpc) is 2.87. The summed E-state index contributed by atoms with van der Waals surface area (Å²) in [5.41, 5.74) is 2.61. The van der Waals surface area contributed by atoms with Crippen LogP contribution >= 0.6 is 0 Å². The third-order valence-corrected chi connectivity index (χ3v) is 3.29. The average molecular weight is 230 g/mol. The van der Waals surface area contributed by atoms with Crippen LogP contribution in [0.1, 0.15) is 0 Å². The second-order valence-electron chi connectivity index (χ2n) is 4.78. The number of para-hydroxylation sites is 2. The zero-order valence-electron chi connectivity index (χ0n) is 10.4. The summed E-state index contributed by atoms with van der Waals surface area (Å²) in [5.74, 6) is 1.13. The third-order valence-electron chi connectivity index (χ3n) is 3.29. The van der Waals surface area contributed by atoms with Crippen LogP contribution in [0.2, 0.25) is 0 Å². The minimum absolute atomic E-state index is 0.919. The highest BCUT2D eigenvalue weighted by molar-refractivity contribution is 6.17. The van der Waals surface area contributed by atoms with E-state index in [2.05, 4.69) is 58.1 Å². The molecule has 2 aliphatic rings. The third kappa shape index (κ3) is 1.69. The fourth-order valence-electron chi connectivity index (χ4n) is 2.44. The lowest BCUT2D eigenvalue weighted by molar-refractivity contribution is 0.420. The predicted octanol–water partition coefficient (Wildman–Crippen LogP) is 1.24. The Balaban J connectivity index is 1.91. The van der Waals surface area contributed by atoms with Crippen LogP contribution in [0.3, 0.4) is 0 Å². The zero-order valence-corrected chi connectivity index (χ0v) is 10.4. The van der Waals surface area contributed by atoms with Crippen molar-refractivity contribution in [2.75, 3.05) is 50.1 Å². The van der Waals surface area contributed by atoms with Crippen molar-refractivity contribution in [2.45, 2.75) is 0 Å². The molecule has 90 valence electrons. The van der Waals surface area contributed by atoms with Gasteiger partial charge in [0.1, 0.15) is 0 Å². The van der Waals surface area contributed by atoms with E-state index < -0.39 is 0 Å². The summed E-state index contributed by atoms with van der Waals surface area (Å²) < 4.78 is 0. The Labute approximate surface area is 102 Å². The van der Waals surface area contributed by atoms with Crippen LogP contribution < -0.4 is 9.80 Å². The molecule has 0 unspecified atom stereocenters. The van der Waals surface area contributed by atoms with Gasteiger partial charge in [-0.15, -0.1) is 0 Å². The van der Waals surface area contributed by atoms with Crippen LogP contribution in [0.15, 0.2) is 29.3 Å². The molecule has 0 spiro atoms. The van der Waals surface area contributed by atoms with E-state index in [0.717, 1.165) is 32.1 Å². The largest absolute Gasteiger partial charge is 0.309 e. The molecule has 0 amide bonds. The normalized spacial score (nSPS) is 17.5. The molecule has 0 saturated carbocycles. The Morgan fingerprint density at radius 3 is 2.76 bits per heavy atom. The molecule has 0 atom stereocenters. The Bertz CT molecular complexity index is 452. The van der Waals surface area contributed by atoms with E-state index in [1.165, 1.54) is 11.4 Å². The second-order valence-corrected chi connectivity index (χ2v) is 4.78. The van der Waals surface area contributed by atoms with Crippen molar-refractivity contribution < 1.29 is 0 Å². The van der Waals surface area contributed by atoms with Gasteiger partial charge >= 0.3 is 0 Å². The maximum atomic E-state index is 4.62. The van der Waals surface area contributed by atoms with E-state index in [1.54, 1.807) is 0 Å². The van der Waals surface area contributed by atoms with Gasteiger partial charge in [0, 0.05) is 19.6 Å². The Kier molecular flexibility index (Phi) is 2.52. The maximum Gasteiger partial charge on any atom is 0.206 e. The number of hydrogen-bond acceptors (Lipinski definition) is 4. The molecule has 0 fully saturated rings. The van der Waals surface area contributed by atoms with Crippen molar-refractivity contribution in [1.82, 2.24) is 4.90 Å². The molecule has 1 aromatic rings. The number of guanidine groups is 1. The van der Waals surface area contributed by atoms with Gasteiger partial charge in [0.15, 0.2) is 0 Å². The molecule has 4 nitrogen and oxygen atoms in total. The molecule has 0 saturated heterocycles. The molecule has 0 aromatic heterocycles. The first kappa shape index (κ1) is 10.6. The molecule has 3 rings (SSSR count). The summed E-state index contributed by atoms with van der Waals surface area (Å²) in [5, 5.41) is 0. The van der Waals surface area contributed by atoms with Crippen LogP contribution in [0.4, 0.5) is 11.4 Å². The lowest BCUT2D eigenvalue weighted by Crippen LogP contribution is -2.39. The predicted molar refractivity (Wildman–Crippen MR) is 72.0 cm³/mol. The quantitative estimate of drug-likeness (QED) is 0.780. The Hall–Kier alpha value is -1.55. The van der Waals surface area contributed by atoms with Gasteiger partial charge in [0.25, 0.3) is 0 Å². The molecule has 17 heavy (non-hydrogen) atoms. The molecule has 1 aromatic carbocycles. The van der Waals surface area contributed by atoms with Gasteiger partial charge in [0.2, 0.25) is 5.96 Å². The molecule has 0 bridgehead atoms. The highest BCUT2D eigenvalue weighted by Gasteiger charge is 2.34. The Morgan fingerprint density at radius 2 is 2.00 bits per heavy atom. The number of likely N-dealkylation sites (N-methyl/N-ethyl adjacent to an activating group) is 1. The number of fused-ring (bicyclic) bond motifs is 3. The molecule has 4 heteroatoms. The number of benzene rings is 1. The lowest BCUT2D eigenvalue weighted by atomic mass is 10.2. The lowest BCUT2D eigenvalue weighted by Gasteiger charge is -2.21. The maximum absolute atomic E-state index is 4.62. The monoisotopic (exact) mass is 230 g/mol. The van der Waals surface area contributed by atoms with Gasteiger partial charge in [-0.2, -0.15) is 0 Å². The standard InChI is InChI=1S/C13H18N4/c1-15(2)9-10-17-12-6-4-3-5-11(12)16-8-7-14-13(16)17/h3-6H,7-10H2,1-2H3. The van der Waals surface area contributed by atoms with Crippen LogP contribution in [0, 0.1) is 0 Å². The number of anilines is 2. The van der Waals surface area contributed by atoms with Crippen LogP contribution in [0.25, 0.3) is 0 Å². The molecular formula is C13H18N4. The second kappa shape index (κ2) is 4.04. The molecule has 0 aliphatic carbocycles. The van der Waals surface area contributed by atoms with Crippen molar-refractivity contribution in [3.63, 3.8) is 0 Å². The van der Waals surface area contributed by atoms with Gasteiger partial charge in [0.05, 0.1) is 17.9 Å². The molecule has 0 N–H and O–H groups in total. The van der Waals surface area contributed by atoms with Crippen molar-refractivity contribution >= 4 is 17.3 Å².